The Balaban J connectivity index is 2.82. The molecule has 0 radical (unpaired) electrons. The van der Waals surface area contributed by atoms with Crippen molar-refractivity contribution in [3.05, 3.63) is 22.7 Å². The fourth-order valence-corrected chi connectivity index (χ4v) is 2.53. The maximum atomic E-state index is 11.7. The van der Waals surface area contributed by atoms with Gasteiger partial charge in [0.2, 0.25) is 0 Å². The third kappa shape index (κ3) is 8.03. The fourth-order valence-electron chi connectivity index (χ4n) is 2.18. The van der Waals surface area contributed by atoms with Crippen molar-refractivity contribution in [1.82, 2.24) is 0 Å². The number of esters is 2. The zero-order chi connectivity index (χ0) is 19.4. The zero-order valence-electron chi connectivity index (χ0n) is 14.6. The van der Waals surface area contributed by atoms with Crippen molar-refractivity contribution in [1.29, 1.82) is 0 Å². The van der Waals surface area contributed by atoms with Crippen LogP contribution < -0.4 is 9.64 Å². The summed E-state index contributed by atoms with van der Waals surface area (Å²) in [6, 6.07) is 5.43. The molecule has 2 N–H and O–H groups in total. The van der Waals surface area contributed by atoms with Crippen LogP contribution in [0.5, 0.6) is 5.75 Å². The summed E-state index contributed by atoms with van der Waals surface area (Å²) in [5.74, 6) is -0.289. The van der Waals surface area contributed by atoms with Gasteiger partial charge in [-0.15, -0.1) is 0 Å². The van der Waals surface area contributed by atoms with Crippen LogP contribution in [0.2, 0.25) is 0 Å². The smallest absolute Gasteiger partial charge is 0.307 e. The molecule has 0 aliphatic rings. The van der Waals surface area contributed by atoms with Gasteiger partial charge in [-0.2, -0.15) is 0 Å². The number of aliphatic hydroxyl groups is 2. The van der Waals surface area contributed by atoms with Gasteiger partial charge in [0.05, 0.1) is 38.9 Å². The molecule has 1 aromatic carbocycles. The molecule has 0 unspecified atom stereocenters. The van der Waals surface area contributed by atoms with Gasteiger partial charge in [0.1, 0.15) is 19.0 Å². The van der Waals surface area contributed by atoms with E-state index in [1.807, 2.05) is 17.0 Å². The molecule has 1 rings (SSSR count). The molecule has 0 aliphatic heterocycles. The van der Waals surface area contributed by atoms with E-state index in [0.717, 1.165) is 4.47 Å². The molecular formula is C17H24BrNO7. The van der Waals surface area contributed by atoms with Gasteiger partial charge >= 0.3 is 11.9 Å². The van der Waals surface area contributed by atoms with Crippen molar-refractivity contribution in [3.8, 4) is 5.75 Å². The SMILES string of the molecule is COc1ccc(Br)cc1N(CCC(=O)OCCO)CCC(=O)OCCO. The third-order valence-corrected chi connectivity index (χ3v) is 3.86. The van der Waals surface area contributed by atoms with Crippen molar-refractivity contribution < 1.29 is 34.0 Å². The predicted molar refractivity (Wildman–Crippen MR) is 98.2 cm³/mol. The van der Waals surface area contributed by atoms with Crippen LogP contribution in [0.1, 0.15) is 12.8 Å². The number of aliphatic hydroxyl groups excluding tert-OH is 2. The Hall–Kier alpha value is -1.84. The Morgan fingerprint density at radius 1 is 1.04 bits per heavy atom. The quantitative estimate of drug-likeness (QED) is 0.472. The molecule has 0 saturated carbocycles. The Bertz CT molecular complexity index is 558. The molecule has 0 atom stereocenters. The monoisotopic (exact) mass is 433 g/mol. The van der Waals surface area contributed by atoms with Gasteiger partial charge in [-0.3, -0.25) is 9.59 Å². The Morgan fingerprint density at radius 2 is 1.58 bits per heavy atom. The average Bonchev–Trinajstić information content (AvgIpc) is 2.64. The van der Waals surface area contributed by atoms with Crippen molar-refractivity contribution >= 4 is 33.6 Å². The van der Waals surface area contributed by atoms with Crippen LogP contribution in [0.4, 0.5) is 5.69 Å². The minimum atomic E-state index is -0.444. The summed E-state index contributed by atoms with van der Waals surface area (Å²) < 4.78 is 15.9. The summed E-state index contributed by atoms with van der Waals surface area (Å²) in [7, 11) is 1.54. The Kier molecular flexibility index (Phi) is 10.7. The molecule has 0 heterocycles. The highest BCUT2D eigenvalue weighted by atomic mass is 79.9. The minimum absolute atomic E-state index is 0.0491. The van der Waals surface area contributed by atoms with Crippen molar-refractivity contribution in [2.75, 3.05) is 51.5 Å². The topological polar surface area (TPSA) is 106 Å². The van der Waals surface area contributed by atoms with Gasteiger partial charge in [-0.25, -0.2) is 0 Å². The molecule has 0 aromatic heterocycles. The van der Waals surface area contributed by atoms with Crippen LogP contribution in [-0.4, -0.2) is 68.8 Å². The van der Waals surface area contributed by atoms with Gasteiger partial charge < -0.3 is 29.3 Å². The van der Waals surface area contributed by atoms with E-state index in [9.17, 15) is 9.59 Å². The number of nitrogens with zero attached hydrogens (tertiary/aromatic N) is 1. The number of anilines is 1. The molecule has 0 saturated heterocycles. The number of hydrogen-bond donors (Lipinski definition) is 2. The number of hydrogen-bond acceptors (Lipinski definition) is 8. The lowest BCUT2D eigenvalue weighted by Crippen LogP contribution is -2.30. The van der Waals surface area contributed by atoms with E-state index in [1.165, 1.54) is 7.11 Å². The molecule has 1 aromatic rings. The normalized spacial score (nSPS) is 10.3. The molecule has 0 amide bonds. The highest BCUT2D eigenvalue weighted by molar-refractivity contribution is 9.10. The Labute approximate surface area is 160 Å². The van der Waals surface area contributed by atoms with Gasteiger partial charge in [0.25, 0.3) is 0 Å². The van der Waals surface area contributed by atoms with Gasteiger partial charge in [0.15, 0.2) is 0 Å². The summed E-state index contributed by atoms with van der Waals surface area (Å²) in [6.07, 6.45) is 0.169. The number of carbonyl (C=O) groups excluding carboxylic acids is 2. The highest BCUT2D eigenvalue weighted by Gasteiger charge is 2.17. The minimum Gasteiger partial charge on any atom is -0.495 e. The predicted octanol–water partition coefficient (Wildman–Crippen LogP) is 1.12. The maximum Gasteiger partial charge on any atom is 0.307 e. The zero-order valence-corrected chi connectivity index (χ0v) is 16.2. The standard InChI is InChI=1S/C17H24BrNO7/c1-24-15-3-2-13(18)12-14(15)19(6-4-16(22)25-10-8-20)7-5-17(23)26-11-9-21/h2-3,12,20-21H,4-11H2,1H3. The second kappa shape index (κ2) is 12.5. The lowest BCUT2D eigenvalue weighted by atomic mass is 10.2. The van der Waals surface area contributed by atoms with Crippen LogP contribution in [0.3, 0.4) is 0 Å². The molecule has 0 aliphatic carbocycles. The number of ether oxygens (including phenoxy) is 3. The van der Waals surface area contributed by atoms with Crippen molar-refractivity contribution in [2.24, 2.45) is 0 Å². The number of carbonyl (C=O) groups is 2. The van der Waals surface area contributed by atoms with E-state index in [-0.39, 0.29) is 39.3 Å². The lowest BCUT2D eigenvalue weighted by Gasteiger charge is -2.26. The molecule has 0 fully saturated rings. The highest BCUT2D eigenvalue weighted by Crippen LogP contribution is 2.31. The number of methoxy groups -OCH3 is 1. The van der Waals surface area contributed by atoms with Crippen LogP contribution in [0.25, 0.3) is 0 Å². The summed E-state index contributed by atoms with van der Waals surface area (Å²) in [5, 5.41) is 17.4. The first-order valence-corrected chi connectivity index (χ1v) is 8.92. The molecule has 146 valence electrons. The van der Waals surface area contributed by atoms with E-state index in [2.05, 4.69) is 15.9 Å². The molecule has 26 heavy (non-hydrogen) atoms. The molecule has 0 bridgehead atoms. The summed E-state index contributed by atoms with van der Waals surface area (Å²) >= 11 is 3.40. The molecule has 0 spiro atoms. The summed E-state index contributed by atoms with van der Waals surface area (Å²) in [6.45, 7) is 0.0327. The van der Waals surface area contributed by atoms with E-state index in [1.54, 1.807) is 6.07 Å². The van der Waals surface area contributed by atoms with Crippen LogP contribution in [-0.2, 0) is 19.1 Å². The maximum absolute atomic E-state index is 11.7. The largest absolute Gasteiger partial charge is 0.495 e. The molecular weight excluding hydrogens is 410 g/mol. The number of rotatable bonds is 12. The third-order valence-electron chi connectivity index (χ3n) is 3.36. The van der Waals surface area contributed by atoms with Gasteiger partial charge in [0, 0.05) is 17.6 Å². The molecule has 9 heteroatoms. The van der Waals surface area contributed by atoms with Crippen molar-refractivity contribution in [3.63, 3.8) is 0 Å². The van der Waals surface area contributed by atoms with E-state index < -0.39 is 11.9 Å². The second-order valence-corrected chi connectivity index (χ2v) is 6.11. The first-order valence-electron chi connectivity index (χ1n) is 8.13. The van der Waals surface area contributed by atoms with Crippen LogP contribution >= 0.6 is 15.9 Å². The summed E-state index contributed by atoms with van der Waals surface area (Å²) in [4.78, 5) is 25.3. The van der Waals surface area contributed by atoms with Gasteiger partial charge in [-0.05, 0) is 18.2 Å². The summed E-state index contributed by atoms with van der Waals surface area (Å²) in [5.41, 5.74) is 0.715. The van der Waals surface area contributed by atoms with Gasteiger partial charge in [-0.1, -0.05) is 15.9 Å². The van der Waals surface area contributed by atoms with E-state index in [0.29, 0.717) is 24.5 Å². The fraction of sp³-hybridized carbons (Fsp3) is 0.529. The van der Waals surface area contributed by atoms with E-state index in [4.69, 9.17) is 24.4 Å². The van der Waals surface area contributed by atoms with Crippen LogP contribution in [0.15, 0.2) is 22.7 Å². The van der Waals surface area contributed by atoms with Crippen LogP contribution in [0, 0.1) is 0 Å². The van der Waals surface area contributed by atoms with E-state index >= 15 is 0 Å². The first kappa shape index (κ1) is 22.2. The van der Waals surface area contributed by atoms with Crippen molar-refractivity contribution in [2.45, 2.75) is 12.8 Å². The molecule has 8 nitrogen and oxygen atoms in total. The number of halogens is 1. The Morgan fingerprint density at radius 3 is 2.04 bits per heavy atom. The average molecular weight is 434 g/mol. The lowest BCUT2D eigenvalue weighted by molar-refractivity contribution is -0.144. The number of benzene rings is 1. The second-order valence-electron chi connectivity index (χ2n) is 5.19. The first-order chi connectivity index (χ1) is 12.5.